The second-order valence-electron chi connectivity index (χ2n) is 3.08. The Labute approximate surface area is 138 Å². The summed E-state index contributed by atoms with van der Waals surface area (Å²) in [6.45, 7) is 0. The molecule has 1 aromatic heterocycles. The first-order valence-corrected chi connectivity index (χ1v) is 4.45. The van der Waals surface area contributed by atoms with Crippen molar-refractivity contribution in [3.63, 3.8) is 0 Å². The number of nitrogens with zero attached hydrogens (tertiary/aromatic N) is 2. The van der Waals surface area contributed by atoms with Gasteiger partial charge in [0.1, 0.15) is 12.2 Å². The van der Waals surface area contributed by atoms with Crippen LogP contribution in [0.5, 0.6) is 0 Å². The molecule has 5 nitrogen and oxygen atoms in total. The Morgan fingerprint density at radius 1 is 1.41 bits per heavy atom. The summed E-state index contributed by atoms with van der Waals surface area (Å²) in [6, 6.07) is 5.63. The van der Waals surface area contributed by atoms with E-state index >= 15 is 0 Å². The van der Waals surface area contributed by atoms with Gasteiger partial charge < -0.3 is 9.52 Å². The summed E-state index contributed by atoms with van der Waals surface area (Å²) in [5, 5.41) is 15.7. The molecule has 0 amide bonds. The van der Waals surface area contributed by atoms with Gasteiger partial charge in [0, 0.05) is 56.9 Å². The molecule has 0 saturated heterocycles. The van der Waals surface area contributed by atoms with Gasteiger partial charge in [0.25, 0.3) is 0 Å². The summed E-state index contributed by atoms with van der Waals surface area (Å²) < 4.78 is 18.0. The fourth-order valence-corrected chi connectivity index (χ4v) is 1.19. The molecular weight excluding hydrogens is 254 g/mol. The van der Waals surface area contributed by atoms with Crippen LogP contribution in [-0.2, 0) is 11.2 Å². The van der Waals surface area contributed by atoms with Crippen molar-refractivity contribution in [2.75, 3.05) is 0 Å². The summed E-state index contributed by atoms with van der Waals surface area (Å²) in [5.74, 6) is -1.38. The van der Waals surface area contributed by atoms with Crippen LogP contribution < -0.4 is 0 Å². The summed E-state index contributed by atoms with van der Waals surface area (Å²) in [5.41, 5.74) is 0.420. The number of aromatic nitrogens is 2. The van der Waals surface area contributed by atoms with Crippen LogP contribution in [-0.4, -0.2) is 72.7 Å². The van der Waals surface area contributed by atoms with E-state index < -0.39 is 11.8 Å². The Kier molecular flexibility index (Phi) is 5.41. The van der Waals surface area contributed by atoms with E-state index in [1.54, 1.807) is 6.07 Å². The summed E-state index contributed by atoms with van der Waals surface area (Å²) in [7, 11) is 0. The van der Waals surface area contributed by atoms with Crippen molar-refractivity contribution in [1.82, 2.24) is 10.2 Å². The zero-order valence-electron chi connectivity index (χ0n) is 9.05. The Hall–Kier alpha value is -0.604. The van der Waals surface area contributed by atoms with Crippen LogP contribution in [0.15, 0.2) is 28.7 Å². The first kappa shape index (κ1) is 14.5. The summed E-state index contributed by atoms with van der Waals surface area (Å²) >= 11 is 0. The molecule has 0 atom stereocenters. The molecule has 0 spiro atoms. The van der Waals surface area contributed by atoms with Crippen LogP contribution in [0.1, 0.15) is 5.89 Å². The van der Waals surface area contributed by atoms with Gasteiger partial charge in [-0.2, -0.15) is 0 Å². The smallest absolute Gasteiger partial charge is 0.312 e. The van der Waals surface area contributed by atoms with E-state index in [2.05, 4.69) is 10.2 Å². The van der Waals surface area contributed by atoms with Gasteiger partial charge in [0.2, 0.25) is 11.8 Å². The molecule has 2 rings (SSSR count). The SMILES string of the molecule is O=C(O)Cc1nnc(-c2cccc(F)c2)o1.[K]. The van der Waals surface area contributed by atoms with Crippen molar-refractivity contribution in [2.24, 2.45) is 0 Å². The minimum atomic E-state index is -1.06. The number of benzene rings is 1. The Balaban J connectivity index is 0.00000144. The largest absolute Gasteiger partial charge is 0.481 e. The molecule has 17 heavy (non-hydrogen) atoms. The number of halogens is 1. The standard InChI is InChI=1S/C10H7FN2O3.K/c11-7-3-1-2-6(4-7)10-13-12-8(16-10)5-9(14)15;/h1-4H,5H2,(H,14,15);. The third-order valence-electron chi connectivity index (χ3n) is 1.84. The van der Waals surface area contributed by atoms with Crippen molar-refractivity contribution in [3.8, 4) is 11.5 Å². The molecule has 0 saturated carbocycles. The Bertz CT molecular complexity index is 530. The molecule has 0 aliphatic heterocycles. The normalized spacial score (nSPS) is 9.71. The van der Waals surface area contributed by atoms with Gasteiger partial charge in [-0.05, 0) is 18.2 Å². The first-order chi connectivity index (χ1) is 7.65. The molecule has 0 unspecified atom stereocenters. The van der Waals surface area contributed by atoms with Crippen LogP contribution in [0.3, 0.4) is 0 Å². The molecule has 0 fully saturated rings. The average molecular weight is 261 g/mol. The summed E-state index contributed by atoms with van der Waals surface area (Å²) in [6.07, 6.45) is -0.345. The second kappa shape index (κ2) is 6.36. The van der Waals surface area contributed by atoms with E-state index in [9.17, 15) is 9.18 Å². The first-order valence-electron chi connectivity index (χ1n) is 4.45. The molecule has 1 radical (unpaired) electrons. The molecule has 0 bridgehead atoms. The molecule has 0 aliphatic carbocycles. The van der Waals surface area contributed by atoms with E-state index in [4.69, 9.17) is 9.52 Å². The van der Waals surface area contributed by atoms with E-state index in [1.165, 1.54) is 18.2 Å². The molecule has 0 aliphatic rings. The van der Waals surface area contributed by atoms with Gasteiger partial charge in [-0.1, -0.05) is 6.07 Å². The third-order valence-corrected chi connectivity index (χ3v) is 1.84. The van der Waals surface area contributed by atoms with Crippen molar-refractivity contribution in [2.45, 2.75) is 6.42 Å². The van der Waals surface area contributed by atoms with E-state index in [-0.39, 0.29) is 69.6 Å². The minimum Gasteiger partial charge on any atom is -0.481 e. The molecule has 1 aromatic carbocycles. The Morgan fingerprint density at radius 3 is 2.82 bits per heavy atom. The monoisotopic (exact) mass is 261 g/mol. The van der Waals surface area contributed by atoms with Crippen molar-refractivity contribution >= 4 is 57.4 Å². The predicted molar refractivity (Wildman–Crippen MR) is 56.8 cm³/mol. The van der Waals surface area contributed by atoms with Gasteiger partial charge in [0.15, 0.2) is 0 Å². The number of rotatable bonds is 3. The number of hydrogen-bond acceptors (Lipinski definition) is 4. The molecule has 1 N–H and O–H groups in total. The minimum absolute atomic E-state index is 0. The topological polar surface area (TPSA) is 76.2 Å². The predicted octanol–water partition coefficient (Wildman–Crippen LogP) is 1.12. The van der Waals surface area contributed by atoms with Crippen LogP contribution in [0.4, 0.5) is 4.39 Å². The fraction of sp³-hybridized carbons (Fsp3) is 0.100. The number of carboxylic acid groups (broad SMARTS) is 1. The van der Waals surface area contributed by atoms with Gasteiger partial charge in [-0.25, -0.2) is 4.39 Å². The maximum atomic E-state index is 12.9. The van der Waals surface area contributed by atoms with Crippen LogP contribution in [0, 0.1) is 5.82 Å². The van der Waals surface area contributed by atoms with Crippen LogP contribution in [0.25, 0.3) is 11.5 Å². The zero-order chi connectivity index (χ0) is 11.5. The molecule has 83 valence electrons. The molecule has 1 heterocycles. The van der Waals surface area contributed by atoms with Crippen molar-refractivity contribution in [3.05, 3.63) is 36.0 Å². The van der Waals surface area contributed by atoms with E-state index in [1.807, 2.05) is 0 Å². The van der Waals surface area contributed by atoms with Gasteiger partial charge in [-0.3, -0.25) is 4.79 Å². The third kappa shape index (κ3) is 3.97. The number of carbonyl (C=O) groups is 1. The zero-order valence-corrected chi connectivity index (χ0v) is 12.2. The fourth-order valence-electron chi connectivity index (χ4n) is 1.19. The van der Waals surface area contributed by atoms with Crippen molar-refractivity contribution < 1.29 is 18.7 Å². The van der Waals surface area contributed by atoms with Crippen LogP contribution in [0.2, 0.25) is 0 Å². The number of carboxylic acids is 1. The quantitative estimate of drug-likeness (QED) is 0.838. The summed E-state index contributed by atoms with van der Waals surface area (Å²) in [4.78, 5) is 10.4. The molecule has 7 heteroatoms. The van der Waals surface area contributed by atoms with E-state index in [0.29, 0.717) is 5.56 Å². The maximum absolute atomic E-state index is 12.9. The number of aliphatic carboxylic acids is 1. The maximum Gasteiger partial charge on any atom is 0.312 e. The van der Waals surface area contributed by atoms with Gasteiger partial charge in [-0.15, -0.1) is 10.2 Å². The number of hydrogen-bond donors (Lipinski definition) is 1. The Morgan fingerprint density at radius 2 is 2.18 bits per heavy atom. The van der Waals surface area contributed by atoms with E-state index in [0.717, 1.165) is 0 Å². The van der Waals surface area contributed by atoms with Gasteiger partial charge in [0.05, 0.1) is 0 Å². The molecular formula is C10H7FKN2O3. The van der Waals surface area contributed by atoms with Crippen LogP contribution >= 0.6 is 0 Å². The van der Waals surface area contributed by atoms with Crippen molar-refractivity contribution in [1.29, 1.82) is 0 Å². The molecule has 2 aromatic rings. The van der Waals surface area contributed by atoms with Gasteiger partial charge >= 0.3 is 5.97 Å². The average Bonchev–Trinajstić information content (AvgIpc) is 2.65. The second-order valence-corrected chi connectivity index (χ2v) is 3.08.